The Morgan fingerprint density at radius 2 is 2.12 bits per heavy atom. The summed E-state index contributed by atoms with van der Waals surface area (Å²) in [6.45, 7) is 11.9. The molecule has 0 bridgehead atoms. The Kier molecular flexibility index (Phi) is 9.65. The van der Waals surface area contributed by atoms with Gasteiger partial charge in [0.1, 0.15) is 17.3 Å². The van der Waals surface area contributed by atoms with E-state index in [0.29, 0.717) is 34.1 Å². The maximum absolute atomic E-state index is 12.8. The summed E-state index contributed by atoms with van der Waals surface area (Å²) < 4.78 is 11.3. The summed E-state index contributed by atoms with van der Waals surface area (Å²) in [6.07, 6.45) is 3.42. The van der Waals surface area contributed by atoms with Crippen LogP contribution in [0.1, 0.15) is 38.2 Å². The van der Waals surface area contributed by atoms with E-state index < -0.39 is 24.0 Å². The number of amides is 2. The van der Waals surface area contributed by atoms with Crippen molar-refractivity contribution in [3.8, 4) is 0 Å². The molecule has 1 aromatic heterocycles. The average molecular weight is 543 g/mol. The fourth-order valence-corrected chi connectivity index (χ4v) is 4.27. The highest BCUT2D eigenvalue weighted by molar-refractivity contribution is 9.11. The SMILES string of the molecule is C=C/C=C(\C(=C/C)NC(=O)c1csc(Br)n1)N1CCN(C(=O)OC(C)(C)C)[C@@H](C(O)OC)C1. The Labute approximate surface area is 206 Å². The highest BCUT2D eigenvalue weighted by Gasteiger charge is 2.38. The minimum atomic E-state index is -1.22. The first-order chi connectivity index (χ1) is 15.5. The number of halogens is 1. The van der Waals surface area contributed by atoms with Crippen LogP contribution in [0.2, 0.25) is 0 Å². The molecule has 1 saturated heterocycles. The molecule has 2 amide bonds. The standard InChI is InChI=1S/C22H31BrN4O5S/c1-7-9-16(14(8-2)24-18(28)15-13-33-20(23)25-15)26-10-11-27(17(12-26)19(29)31-6)21(30)32-22(3,4)5/h7-9,13,17,19,29H,1,10-12H2,2-6H3,(H,24,28)/b14-8+,16-9+/t17-,19?/m1/s1. The molecule has 1 fully saturated rings. The van der Waals surface area contributed by atoms with Crippen LogP contribution < -0.4 is 5.32 Å². The number of nitrogens with one attached hydrogen (secondary N) is 1. The van der Waals surface area contributed by atoms with Crippen LogP contribution in [0.15, 0.2) is 45.5 Å². The molecule has 2 heterocycles. The molecule has 9 nitrogen and oxygen atoms in total. The summed E-state index contributed by atoms with van der Waals surface area (Å²) >= 11 is 4.58. The van der Waals surface area contributed by atoms with Gasteiger partial charge in [-0.15, -0.1) is 11.3 Å². The van der Waals surface area contributed by atoms with Crippen molar-refractivity contribution in [3.63, 3.8) is 0 Å². The van der Waals surface area contributed by atoms with Crippen LogP contribution in [0.5, 0.6) is 0 Å². The topological polar surface area (TPSA) is 104 Å². The van der Waals surface area contributed by atoms with E-state index in [1.807, 2.05) is 11.8 Å². The number of hydrogen-bond donors (Lipinski definition) is 2. The number of methoxy groups -OCH3 is 1. The van der Waals surface area contributed by atoms with E-state index in [4.69, 9.17) is 9.47 Å². The van der Waals surface area contributed by atoms with Crippen LogP contribution in [0.3, 0.4) is 0 Å². The van der Waals surface area contributed by atoms with Crippen molar-refractivity contribution in [3.05, 3.63) is 51.2 Å². The van der Waals surface area contributed by atoms with Gasteiger partial charge in [-0.25, -0.2) is 9.78 Å². The van der Waals surface area contributed by atoms with Crippen molar-refractivity contribution in [2.45, 2.75) is 45.6 Å². The van der Waals surface area contributed by atoms with Gasteiger partial charge in [-0.3, -0.25) is 9.69 Å². The molecule has 0 aromatic carbocycles. The lowest BCUT2D eigenvalue weighted by Gasteiger charge is -2.44. The second-order valence-corrected chi connectivity index (χ2v) is 10.4. The zero-order valence-electron chi connectivity index (χ0n) is 19.5. The van der Waals surface area contributed by atoms with Crippen molar-refractivity contribution >= 4 is 39.3 Å². The number of allylic oxidation sites excluding steroid dienone is 3. The highest BCUT2D eigenvalue weighted by Crippen LogP contribution is 2.24. The lowest BCUT2D eigenvalue weighted by atomic mass is 10.1. The molecule has 0 saturated carbocycles. The number of thiazole rings is 1. The number of hydrogen-bond acceptors (Lipinski definition) is 8. The molecule has 2 N–H and O–H groups in total. The smallest absolute Gasteiger partial charge is 0.410 e. The number of aromatic nitrogens is 1. The van der Waals surface area contributed by atoms with Crippen LogP contribution in [0.4, 0.5) is 4.79 Å². The van der Waals surface area contributed by atoms with Gasteiger partial charge in [0.25, 0.3) is 5.91 Å². The molecule has 2 rings (SSSR count). The molecule has 1 aromatic rings. The molecule has 33 heavy (non-hydrogen) atoms. The van der Waals surface area contributed by atoms with Gasteiger partial charge in [0, 0.05) is 32.1 Å². The Hall–Kier alpha value is -2.21. The number of ether oxygens (including phenoxy) is 2. The first-order valence-electron chi connectivity index (χ1n) is 10.4. The molecule has 0 radical (unpaired) electrons. The quantitative estimate of drug-likeness (QED) is 0.401. The Morgan fingerprint density at radius 1 is 1.42 bits per heavy atom. The van der Waals surface area contributed by atoms with Crippen molar-refractivity contribution in [2.24, 2.45) is 0 Å². The molecule has 1 unspecified atom stereocenters. The van der Waals surface area contributed by atoms with Gasteiger partial charge in [-0.2, -0.15) is 0 Å². The number of carbonyl (C=O) groups is 2. The number of aliphatic hydroxyl groups is 1. The molecule has 2 atom stereocenters. The molecular formula is C22H31BrN4O5S. The number of piperazine rings is 1. The number of nitrogens with zero attached hydrogens (tertiary/aromatic N) is 3. The van der Waals surface area contributed by atoms with Crippen molar-refractivity contribution in [1.82, 2.24) is 20.1 Å². The van der Waals surface area contributed by atoms with Crippen LogP contribution >= 0.6 is 27.3 Å². The highest BCUT2D eigenvalue weighted by atomic mass is 79.9. The molecule has 1 aliphatic heterocycles. The third-order valence-electron chi connectivity index (χ3n) is 4.76. The number of rotatable bonds is 7. The van der Waals surface area contributed by atoms with E-state index in [9.17, 15) is 14.7 Å². The maximum atomic E-state index is 12.8. The van der Waals surface area contributed by atoms with E-state index in [1.165, 1.54) is 23.3 Å². The van der Waals surface area contributed by atoms with Gasteiger partial charge in [-0.1, -0.05) is 18.7 Å². The van der Waals surface area contributed by atoms with E-state index >= 15 is 0 Å². The van der Waals surface area contributed by atoms with Gasteiger partial charge in [0.15, 0.2) is 10.2 Å². The van der Waals surface area contributed by atoms with Crippen molar-refractivity contribution < 1.29 is 24.2 Å². The van der Waals surface area contributed by atoms with Gasteiger partial charge in [0.05, 0.1) is 11.4 Å². The minimum absolute atomic E-state index is 0.253. The third-order valence-corrected chi connectivity index (χ3v) is 6.12. The normalized spacial score (nSPS) is 18.7. The first-order valence-corrected chi connectivity index (χ1v) is 12.0. The summed E-state index contributed by atoms with van der Waals surface area (Å²) in [5, 5.41) is 15.0. The van der Waals surface area contributed by atoms with E-state index in [0.717, 1.165) is 0 Å². The van der Waals surface area contributed by atoms with E-state index in [1.54, 1.807) is 44.4 Å². The summed E-state index contributed by atoms with van der Waals surface area (Å²) in [7, 11) is 1.38. The van der Waals surface area contributed by atoms with Crippen LogP contribution in [0, 0.1) is 0 Å². The zero-order valence-corrected chi connectivity index (χ0v) is 21.9. The fraction of sp³-hybridized carbons (Fsp3) is 0.500. The van der Waals surface area contributed by atoms with Gasteiger partial charge in [-0.05, 0) is 49.7 Å². The molecular weight excluding hydrogens is 512 g/mol. The minimum Gasteiger partial charge on any atom is -0.444 e. The van der Waals surface area contributed by atoms with Crippen molar-refractivity contribution in [2.75, 3.05) is 26.7 Å². The van der Waals surface area contributed by atoms with Gasteiger partial charge >= 0.3 is 6.09 Å². The maximum Gasteiger partial charge on any atom is 0.410 e. The molecule has 182 valence electrons. The molecule has 1 aliphatic rings. The molecule has 0 aliphatic carbocycles. The average Bonchev–Trinajstić information content (AvgIpc) is 3.20. The summed E-state index contributed by atoms with van der Waals surface area (Å²) in [4.78, 5) is 33.0. The van der Waals surface area contributed by atoms with Gasteiger partial charge in [0.2, 0.25) is 0 Å². The summed E-state index contributed by atoms with van der Waals surface area (Å²) in [5.74, 6) is -0.346. The Morgan fingerprint density at radius 3 is 2.64 bits per heavy atom. The summed E-state index contributed by atoms with van der Waals surface area (Å²) in [5.41, 5.74) is 0.872. The van der Waals surface area contributed by atoms with Gasteiger partial charge < -0.3 is 24.8 Å². The lowest BCUT2D eigenvalue weighted by Crippen LogP contribution is -2.60. The van der Waals surface area contributed by atoms with Crippen LogP contribution in [0.25, 0.3) is 0 Å². The Bertz CT molecular complexity index is 924. The summed E-state index contributed by atoms with van der Waals surface area (Å²) in [6, 6.07) is -0.685. The molecule has 0 spiro atoms. The lowest BCUT2D eigenvalue weighted by molar-refractivity contribution is -0.136. The largest absolute Gasteiger partial charge is 0.444 e. The second kappa shape index (κ2) is 11.8. The number of carbonyl (C=O) groups excluding carboxylic acids is 2. The van der Waals surface area contributed by atoms with E-state index in [2.05, 4.69) is 32.8 Å². The molecule has 11 heteroatoms. The number of aliphatic hydroxyl groups excluding tert-OH is 1. The van der Waals surface area contributed by atoms with Crippen LogP contribution in [-0.4, -0.2) is 76.6 Å². The predicted molar refractivity (Wildman–Crippen MR) is 131 cm³/mol. The van der Waals surface area contributed by atoms with Crippen LogP contribution in [-0.2, 0) is 9.47 Å². The Balaban J connectivity index is 2.26. The fourth-order valence-electron chi connectivity index (χ4n) is 3.28. The monoisotopic (exact) mass is 542 g/mol. The second-order valence-electron chi connectivity index (χ2n) is 8.24. The van der Waals surface area contributed by atoms with Crippen molar-refractivity contribution in [1.29, 1.82) is 0 Å². The first kappa shape index (κ1) is 27.0. The zero-order chi connectivity index (χ0) is 24.8. The predicted octanol–water partition coefficient (Wildman–Crippen LogP) is 3.50. The third kappa shape index (κ3) is 7.39. The van der Waals surface area contributed by atoms with E-state index in [-0.39, 0.29) is 12.5 Å².